The van der Waals surface area contributed by atoms with Crippen molar-refractivity contribution in [3.8, 4) is 0 Å². The van der Waals surface area contributed by atoms with Gasteiger partial charge in [-0.1, -0.05) is 19.3 Å². The summed E-state index contributed by atoms with van der Waals surface area (Å²) in [5.41, 5.74) is 13.5. The number of nitrogen functional groups attached to an aromatic ring is 2. The molecule has 4 nitrogen and oxygen atoms in total. The zero-order valence-corrected chi connectivity index (χ0v) is 11.5. The minimum atomic E-state index is -3.26. The van der Waals surface area contributed by atoms with Gasteiger partial charge < -0.3 is 11.5 Å². The van der Waals surface area contributed by atoms with Crippen molar-refractivity contribution in [3.63, 3.8) is 0 Å². The van der Waals surface area contributed by atoms with Crippen LogP contribution < -0.4 is 11.5 Å². The molecule has 0 aliphatic heterocycles. The number of hydrogen-bond acceptors (Lipinski definition) is 4. The molecule has 0 bridgehead atoms. The van der Waals surface area contributed by atoms with Gasteiger partial charge in [-0.2, -0.15) is 0 Å². The Morgan fingerprint density at radius 1 is 1.11 bits per heavy atom. The zero-order chi connectivity index (χ0) is 13.3. The van der Waals surface area contributed by atoms with Crippen molar-refractivity contribution in [2.45, 2.75) is 42.9 Å². The summed E-state index contributed by atoms with van der Waals surface area (Å²) in [6.07, 6.45) is 6.69. The summed E-state index contributed by atoms with van der Waals surface area (Å²) in [6.45, 7) is 0. The van der Waals surface area contributed by atoms with Crippen LogP contribution >= 0.6 is 0 Å². The van der Waals surface area contributed by atoms with Crippen molar-refractivity contribution in [2.75, 3.05) is 17.7 Å². The second-order valence-electron chi connectivity index (χ2n) is 5.09. The number of nitrogens with two attached hydrogens (primary N) is 2. The molecule has 1 aliphatic carbocycles. The maximum Gasteiger partial charge on any atom is 0.175 e. The third-order valence-electron chi connectivity index (χ3n) is 3.69. The van der Waals surface area contributed by atoms with Gasteiger partial charge in [-0.3, -0.25) is 0 Å². The van der Waals surface area contributed by atoms with Gasteiger partial charge in [0.15, 0.2) is 9.84 Å². The molecule has 0 amide bonds. The first-order chi connectivity index (χ1) is 8.41. The van der Waals surface area contributed by atoms with Gasteiger partial charge in [0.2, 0.25) is 0 Å². The van der Waals surface area contributed by atoms with E-state index >= 15 is 0 Å². The molecular formula is C13H20N2O2S. The van der Waals surface area contributed by atoms with Gasteiger partial charge in [-0.25, -0.2) is 8.42 Å². The minimum Gasteiger partial charge on any atom is -0.397 e. The lowest BCUT2D eigenvalue weighted by Crippen LogP contribution is -2.14. The average molecular weight is 268 g/mol. The SMILES string of the molecule is CS(=O)(=O)c1ccc(N)c(N)c1C1CCCCC1. The first kappa shape index (κ1) is 13.2. The van der Waals surface area contributed by atoms with Crippen molar-refractivity contribution in [2.24, 2.45) is 0 Å². The summed E-state index contributed by atoms with van der Waals surface area (Å²) in [6, 6.07) is 3.17. The number of hydrogen-bond donors (Lipinski definition) is 2. The van der Waals surface area contributed by atoms with E-state index < -0.39 is 9.84 Å². The lowest BCUT2D eigenvalue weighted by atomic mass is 9.83. The summed E-state index contributed by atoms with van der Waals surface area (Å²) in [4.78, 5) is 0.348. The highest BCUT2D eigenvalue weighted by Gasteiger charge is 2.25. The van der Waals surface area contributed by atoms with E-state index in [9.17, 15) is 8.42 Å². The van der Waals surface area contributed by atoms with Crippen LogP contribution in [0.2, 0.25) is 0 Å². The summed E-state index contributed by atoms with van der Waals surface area (Å²) in [5, 5.41) is 0. The summed E-state index contributed by atoms with van der Waals surface area (Å²) < 4.78 is 23.7. The van der Waals surface area contributed by atoms with E-state index in [1.54, 1.807) is 12.1 Å². The fraction of sp³-hybridized carbons (Fsp3) is 0.538. The molecule has 1 aromatic rings. The van der Waals surface area contributed by atoms with Crippen molar-refractivity contribution in [1.82, 2.24) is 0 Å². The molecule has 4 N–H and O–H groups in total. The van der Waals surface area contributed by atoms with Crippen LogP contribution in [-0.4, -0.2) is 14.7 Å². The van der Waals surface area contributed by atoms with Crippen LogP contribution in [0.25, 0.3) is 0 Å². The van der Waals surface area contributed by atoms with Crippen LogP contribution in [-0.2, 0) is 9.84 Å². The fourth-order valence-corrected chi connectivity index (χ4v) is 3.76. The van der Waals surface area contributed by atoms with Crippen LogP contribution in [0.1, 0.15) is 43.6 Å². The minimum absolute atomic E-state index is 0.229. The second-order valence-corrected chi connectivity index (χ2v) is 7.07. The Kier molecular flexibility index (Phi) is 3.52. The Hall–Kier alpha value is -1.23. The van der Waals surface area contributed by atoms with Crippen LogP contribution in [0.4, 0.5) is 11.4 Å². The molecule has 5 heteroatoms. The maximum atomic E-state index is 11.9. The molecule has 1 fully saturated rings. The summed E-state index contributed by atoms with van der Waals surface area (Å²) in [7, 11) is -3.26. The predicted molar refractivity (Wildman–Crippen MR) is 74.2 cm³/mol. The maximum absolute atomic E-state index is 11.9. The molecule has 0 heterocycles. The molecule has 0 aromatic heterocycles. The average Bonchev–Trinajstić information content (AvgIpc) is 2.32. The molecule has 1 aromatic carbocycles. The second kappa shape index (κ2) is 4.80. The fourth-order valence-electron chi connectivity index (χ4n) is 2.77. The molecule has 2 rings (SSSR count). The Morgan fingerprint density at radius 3 is 2.28 bits per heavy atom. The van der Waals surface area contributed by atoms with E-state index in [0.717, 1.165) is 31.2 Å². The molecule has 0 radical (unpaired) electrons. The molecule has 1 aliphatic rings. The van der Waals surface area contributed by atoms with Crippen LogP contribution in [0.15, 0.2) is 17.0 Å². The molecule has 0 saturated heterocycles. The smallest absolute Gasteiger partial charge is 0.175 e. The van der Waals surface area contributed by atoms with E-state index in [0.29, 0.717) is 16.3 Å². The van der Waals surface area contributed by atoms with Crippen molar-refractivity contribution >= 4 is 21.2 Å². The largest absolute Gasteiger partial charge is 0.397 e. The lowest BCUT2D eigenvalue weighted by Gasteiger charge is -2.25. The van der Waals surface area contributed by atoms with Gasteiger partial charge in [0, 0.05) is 6.26 Å². The number of rotatable bonds is 2. The first-order valence-electron chi connectivity index (χ1n) is 6.29. The summed E-state index contributed by atoms with van der Waals surface area (Å²) >= 11 is 0. The topological polar surface area (TPSA) is 86.2 Å². The summed E-state index contributed by atoms with van der Waals surface area (Å²) in [5.74, 6) is 0.229. The molecular weight excluding hydrogens is 248 g/mol. The molecule has 18 heavy (non-hydrogen) atoms. The normalized spacial score (nSPS) is 17.8. The molecule has 1 saturated carbocycles. The molecule has 0 atom stereocenters. The van der Waals surface area contributed by atoms with Crippen molar-refractivity contribution < 1.29 is 8.42 Å². The van der Waals surface area contributed by atoms with Crippen LogP contribution in [0.5, 0.6) is 0 Å². The third kappa shape index (κ3) is 2.46. The van der Waals surface area contributed by atoms with E-state index in [2.05, 4.69) is 0 Å². The van der Waals surface area contributed by atoms with Gasteiger partial charge in [0.25, 0.3) is 0 Å². The standard InChI is InChI=1S/C13H20N2O2S/c1-18(16,17)11-8-7-10(14)13(15)12(11)9-5-3-2-4-6-9/h7-9H,2-6,14-15H2,1H3. The van der Waals surface area contributed by atoms with E-state index in [-0.39, 0.29) is 5.92 Å². The van der Waals surface area contributed by atoms with Crippen molar-refractivity contribution in [1.29, 1.82) is 0 Å². The number of benzene rings is 1. The Bertz CT molecular complexity index is 546. The molecule has 100 valence electrons. The highest BCUT2D eigenvalue weighted by Crippen LogP contribution is 2.40. The quantitative estimate of drug-likeness (QED) is 0.806. The van der Waals surface area contributed by atoms with Crippen molar-refractivity contribution in [3.05, 3.63) is 17.7 Å². The molecule has 0 unspecified atom stereocenters. The molecule has 0 spiro atoms. The van der Waals surface area contributed by atoms with E-state index in [4.69, 9.17) is 11.5 Å². The predicted octanol–water partition coefficient (Wildman–Crippen LogP) is 2.30. The Labute approximate surface area is 108 Å². The Balaban J connectivity index is 2.58. The monoisotopic (exact) mass is 268 g/mol. The van der Waals surface area contributed by atoms with E-state index in [1.807, 2.05) is 0 Å². The van der Waals surface area contributed by atoms with Gasteiger partial charge in [0.05, 0.1) is 16.3 Å². The van der Waals surface area contributed by atoms with Gasteiger partial charge in [-0.15, -0.1) is 0 Å². The van der Waals surface area contributed by atoms with E-state index in [1.165, 1.54) is 12.7 Å². The van der Waals surface area contributed by atoms with Crippen LogP contribution in [0.3, 0.4) is 0 Å². The van der Waals surface area contributed by atoms with Gasteiger partial charge >= 0.3 is 0 Å². The third-order valence-corrected chi connectivity index (χ3v) is 4.85. The first-order valence-corrected chi connectivity index (χ1v) is 8.18. The number of anilines is 2. The highest BCUT2D eigenvalue weighted by atomic mass is 32.2. The van der Waals surface area contributed by atoms with Gasteiger partial charge in [0.1, 0.15) is 0 Å². The number of sulfone groups is 1. The van der Waals surface area contributed by atoms with Gasteiger partial charge in [-0.05, 0) is 36.5 Å². The van der Waals surface area contributed by atoms with Crippen LogP contribution in [0, 0.1) is 0 Å². The highest BCUT2D eigenvalue weighted by molar-refractivity contribution is 7.90. The Morgan fingerprint density at radius 2 is 1.72 bits per heavy atom. The zero-order valence-electron chi connectivity index (χ0n) is 10.6. The lowest BCUT2D eigenvalue weighted by molar-refractivity contribution is 0.439.